The van der Waals surface area contributed by atoms with Crippen LogP contribution in [0.1, 0.15) is 29.6 Å². The Labute approximate surface area is 187 Å². The van der Waals surface area contributed by atoms with Gasteiger partial charge in [-0.1, -0.05) is 18.2 Å². The molecule has 8 heteroatoms. The van der Waals surface area contributed by atoms with Gasteiger partial charge in [-0.25, -0.2) is 0 Å². The second-order valence-corrected chi connectivity index (χ2v) is 7.34. The molecule has 8 nitrogen and oxygen atoms in total. The highest BCUT2D eigenvalue weighted by Gasteiger charge is 2.26. The van der Waals surface area contributed by atoms with Crippen LogP contribution < -0.4 is 19.7 Å². The third-order valence-corrected chi connectivity index (χ3v) is 4.97. The number of ketones is 1. The molecule has 2 amide bonds. The van der Waals surface area contributed by atoms with Crippen molar-refractivity contribution in [1.29, 1.82) is 0 Å². The van der Waals surface area contributed by atoms with Gasteiger partial charge >= 0.3 is 0 Å². The highest BCUT2D eigenvalue weighted by atomic mass is 16.5. The van der Waals surface area contributed by atoms with E-state index in [9.17, 15) is 14.4 Å². The van der Waals surface area contributed by atoms with E-state index in [1.54, 1.807) is 42.3 Å². The fraction of sp³-hybridized carbons (Fsp3) is 0.375. The van der Waals surface area contributed by atoms with E-state index >= 15 is 0 Å². The Morgan fingerprint density at radius 2 is 1.94 bits per heavy atom. The fourth-order valence-corrected chi connectivity index (χ4v) is 3.30. The number of nitrogens with one attached hydrogen (secondary N) is 1. The number of benzene rings is 2. The SMILES string of the molecule is COCCCNC(=O)CCCN1C(=O)COc2ccc(C(=O)COc3ccccc3)cc21. The smallest absolute Gasteiger partial charge is 0.265 e. The Hall–Kier alpha value is -3.39. The lowest BCUT2D eigenvalue weighted by Crippen LogP contribution is -2.40. The minimum atomic E-state index is -0.205. The van der Waals surface area contributed by atoms with Crippen molar-refractivity contribution in [3.63, 3.8) is 0 Å². The van der Waals surface area contributed by atoms with E-state index in [4.69, 9.17) is 14.2 Å². The molecule has 3 rings (SSSR count). The van der Waals surface area contributed by atoms with Gasteiger partial charge in [-0.15, -0.1) is 0 Å². The van der Waals surface area contributed by atoms with E-state index in [0.717, 1.165) is 6.42 Å². The van der Waals surface area contributed by atoms with Crippen LogP contribution in [-0.4, -0.2) is 57.6 Å². The first-order valence-electron chi connectivity index (χ1n) is 10.6. The molecule has 2 aromatic rings. The zero-order valence-corrected chi connectivity index (χ0v) is 18.2. The number of carbonyl (C=O) groups excluding carboxylic acids is 3. The average molecular weight is 440 g/mol. The van der Waals surface area contributed by atoms with Crippen LogP contribution in [0.15, 0.2) is 48.5 Å². The molecule has 0 aliphatic carbocycles. The summed E-state index contributed by atoms with van der Waals surface area (Å²) in [5, 5.41) is 2.83. The van der Waals surface area contributed by atoms with Gasteiger partial charge in [0.05, 0.1) is 5.69 Å². The second kappa shape index (κ2) is 11.9. The molecular weight excluding hydrogens is 412 g/mol. The number of fused-ring (bicyclic) bond motifs is 1. The molecule has 0 saturated carbocycles. The third kappa shape index (κ3) is 6.55. The molecule has 1 aliphatic heterocycles. The summed E-state index contributed by atoms with van der Waals surface area (Å²) in [6, 6.07) is 14.1. The maximum atomic E-state index is 12.6. The zero-order chi connectivity index (χ0) is 22.8. The topological polar surface area (TPSA) is 94.2 Å². The number of para-hydroxylation sites is 1. The minimum absolute atomic E-state index is 0.0657. The van der Waals surface area contributed by atoms with Crippen LogP contribution in [0.25, 0.3) is 0 Å². The van der Waals surface area contributed by atoms with E-state index in [2.05, 4.69) is 5.32 Å². The second-order valence-electron chi connectivity index (χ2n) is 7.34. The highest BCUT2D eigenvalue weighted by Crippen LogP contribution is 2.33. The molecule has 2 aromatic carbocycles. The number of Topliss-reactive ketones (excluding diaryl/α,β-unsaturated/α-hetero) is 1. The predicted molar refractivity (Wildman–Crippen MR) is 119 cm³/mol. The molecule has 1 N–H and O–H groups in total. The fourth-order valence-electron chi connectivity index (χ4n) is 3.30. The van der Waals surface area contributed by atoms with Gasteiger partial charge in [0.15, 0.2) is 19.0 Å². The summed E-state index contributed by atoms with van der Waals surface area (Å²) >= 11 is 0. The van der Waals surface area contributed by atoms with Crippen molar-refractivity contribution in [2.24, 2.45) is 0 Å². The number of ether oxygens (including phenoxy) is 3. The van der Waals surface area contributed by atoms with E-state index in [1.165, 1.54) is 0 Å². The average Bonchev–Trinajstić information content (AvgIpc) is 2.82. The molecule has 0 radical (unpaired) electrons. The summed E-state index contributed by atoms with van der Waals surface area (Å²) in [7, 11) is 1.62. The lowest BCUT2D eigenvalue weighted by Gasteiger charge is -2.29. The molecule has 0 saturated heterocycles. The van der Waals surface area contributed by atoms with E-state index < -0.39 is 0 Å². The molecule has 0 spiro atoms. The monoisotopic (exact) mass is 440 g/mol. The quantitative estimate of drug-likeness (QED) is 0.403. The van der Waals surface area contributed by atoms with Crippen molar-refractivity contribution in [2.75, 3.05) is 44.9 Å². The standard InChI is InChI=1S/C24H28N2O6/c1-30-14-6-12-25-23(28)9-5-13-26-20-15-18(10-11-22(20)32-17-24(26)29)21(27)16-31-19-7-3-2-4-8-19/h2-4,7-8,10-11,15H,5-6,9,12-14,16-17H2,1H3,(H,25,28). The largest absolute Gasteiger partial charge is 0.485 e. The molecular formula is C24H28N2O6. The Bertz CT molecular complexity index is 931. The van der Waals surface area contributed by atoms with Gasteiger partial charge in [-0.3, -0.25) is 14.4 Å². The lowest BCUT2D eigenvalue weighted by atomic mass is 10.1. The van der Waals surface area contributed by atoms with Crippen LogP contribution in [0.4, 0.5) is 5.69 Å². The maximum Gasteiger partial charge on any atom is 0.265 e. The van der Waals surface area contributed by atoms with Gasteiger partial charge in [-0.2, -0.15) is 0 Å². The third-order valence-electron chi connectivity index (χ3n) is 4.97. The first-order chi connectivity index (χ1) is 15.6. The summed E-state index contributed by atoms with van der Waals surface area (Å²) in [6.45, 7) is 1.33. The van der Waals surface area contributed by atoms with Gasteiger partial charge < -0.3 is 24.4 Å². The lowest BCUT2D eigenvalue weighted by molar-refractivity contribution is -0.122. The molecule has 1 heterocycles. The maximum absolute atomic E-state index is 12.6. The molecule has 0 aromatic heterocycles. The van der Waals surface area contributed by atoms with Crippen molar-refractivity contribution in [3.05, 3.63) is 54.1 Å². The summed E-state index contributed by atoms with van der Waals surface area (Å²) in [4.78, 5) is 38.6. The van der Waals surface area contributed by atoms with E-state index in [1.807, 2.05) is 18.2 Å². The molecule has 32 heavy (non-hydrogen) atoms. The molecule has 0 fully saturated rings. The normalized spacial score (nSPS) is 12.7. The Balaban J connectivity index is 1.58. The van der Waals surface area contributed by atoms with Gasteiger partial charge in [0.25, 0.3) is 5.91 Å². The molecule has 0 atom stereocenters. The van der Waals surface area contributed by atoms with Gasteiger partial charge in [-0.05, 0) is 43.2 Å². The van der Waals surface area contributed by atoms with Crippen LogP contribution in [-0.2, 0) is 14.3 Å². The molecule has 1 aliphatic rings. The zero-order valence-electron chi connectivity index (χ0n) is 18.2. The van der Waals surface area contributed by atoms with Gasteiger partial charge in [0.1, 0.15) is 11.5 Å². The predicted octanol–water partition coefficient (Wildman–Crippen LogP) is 2.61. The Morgan fingerprint density at radius 3 is 2.72 bits per heavy atom. The Morgan fingerprint density at radius 1 is 1.12 bits per heavy atom. The minimum Gasteiger partial charge on any atom is -0.485 e. The van der Waals surface area contributed by atoms with Gasteiger partial charge in [0.2, 0.25) is 5.91 Å². The number of methoxy groups -OCH3 is 1. The first kappa shape index (κ1) is 23.3. The number of hydrogen-bond acceptors (Lipinski definition) is 6. The van der Waals surface area contributed by atoms with Crippen LogP contribution >= 0.6 is 0 Å². The molecule has 0 bridgehead atoms. The van der Waals surface area contributed by atoms with Crippen molar-refractivity contribution in [3.8, 4) is 11.5 Å². The van der Waals surface area contributed by atoms with Crippen molar-refractivity contribution >= 4 is 23.3 Å². The van der Waals surface area contributed by atoms with Crippen molar-refractivity contribution in [2.45, 2.75) is 19.3 Å². The van der Waals surface area contributed by atoms with Gasteiger partial charge in [0, 0.05) is 38.8 Å². The Kier molecular flexibility index (Phi) is 8.62. The number of amides is 2. The summed E-state index contributed by atoms with van der Waals surface area (Å²) in [6.07, 6.45) is 1.55. The van der Waals surface area contributed by atoms with Crippen molar-refractivity contribution < 1.29 is 28.6 Å². The van der Waals surface area contributed by atoms with Crippen LogP contribution in [0.3, 0.4) is 0 Å². The number of hydrogen-bond donors (Lipinski definition) is 1. The summed E-state index contributed by atoms with van der Waals surface area (Å²) in [5.41, 5.74) is 0.964. The molecule has 170 valence electrons. The number of rotatable bonds is 12. The number of carbonyl (C=O) groups is 3. The number of anilines is 1. The van der Waals surface area contributed by atoms with Crippen LogP contribution in [0.2, 0.25) is 0 Å². The first-order valence-corrected chi connectivity index (χ1v) is 10.6. The highest BCUT2D eigenvalue weighted by molar-refractivity contribution is 6.02. The summed E-state index contributed by atoms with van der Waals surface area (Å²) < 4.78 is 16.0. The van der Waals surface area contributed by atoms with E-state index in [0.29, 0.717) is 55.3 Å². The molecule has 0 unspecified atom stereocenters. The van der Waals surface area contributed by atoms with Crippen LogP contribution in [0.5, 0.6) is 11.5 Å². The number of nitrogens with zero attached hydrogens (tertiary/aromatic N) is 1. The van der Waals surface area contributed by atoms with Crippen molar-refractivity contribution in [1.82, 2.24) is 5.32 Å². The van der Waals surface area contributed by atoms with Crippen LogP contribution in [0, 0.1) is 0 Å². The summed E-state index contributed by atoms with van der Waals surface area (Å²) in [5.74, 6) is 0.672. The van der Waals surface area contributed by atoms with E-state index in [-0.39, 0.29) is 30.8 Å².